The summed E-state index contributed by atoms with van der Waals surface area (Å²) in [5, 5.41) is 3.18. The van der Waals surface area contributed by atoms with Crippen LogP contribution < -0.4 is 10.9 Å². The maximum absolute atomic E-state index is 12.7. The number of benzene rings is 1. The van der Waals surface area contributed by atoms with Crippen LogP contribution in [0.15, 0.2) is 53.5 Å². The normalized spacial score (nSPS) is 11.0. The third-order valence-electron chi connectivity index (χ3n) is 4.41. The smallest absolute Gasteiger partial charge is 0.338 e. The van der Waals surface area contributed by atoms with Gasteiger partial charge in [0.05, 0.1) is 22.4 Å². The molecular weight excluding hydrogens is 390 g/mol. The summed E-state index contributed by atoms with van der Waals surface area (Å²) in [6.07, 6.45) is 1.67. The zero-order valence-corrected chi connectivity index (χ0v) is 16.6. The number of carbonyl (C=O) groups excluding carboxylic acids is 2. The molecule has 0 saturated heterocycles. The summed E-state index contributed by atoms with van der Waals surface area (Å²) in [6, 6.07) is 11.7. The first-order chi connectivity index (χ1) is 14.0. The van der Waals surface area contributed by atoms with Gasteiger partial charge in [0.25, 0.3) is 11.5 Å². The van der Waals surface area contributed by atoms with Crippen LogP contribution in [-0.4, -0.2) is 27.9 Å². The van der Waals surface area contributed by atoms with Crippen molar-refractivity contribution in [1.82, 2.24) is 9.38 Å². The molecule has 0 unspecified atom stereocenters. The topological polar surface area (TPSA) is 89.8 Å². The Hall–Kier alpha value is -3.52. The van der Waals surface area contributed by atoms with Gasteiger partial charge < -0.3 is 10.1 Å². The fraction of sp³-hybridized carbons (Fsp3) is 0.143. The van der Waals surface area contributed by atoms with Crippen molar-refractivity contribution in [3.05, 3.63) is 75.0 Å². The highest BCUT2D eigenvalue weighted by molar-refractivity contribution is 7.20. The molecule has 4 rings (SSSR count). The van der Waals surface area contributed by atoms with Crippen LogP contribution in [0.25, 0.3) is 15.9 Å². The molecule has 0 atom stereocenters. The predicted octanol–water partition coefficient (Wildman–Crippen LogP) is 3.65. The van der Waals surface area contributed by atoms with E-state index in [1.54, 1.807) is 49.5 Å². The van der Waals surface area contributed by atoms with E-state index in [9.17, 15) is 14.4 Å². The van der Waals surface area contributed by atoms with Gasteiger partial charge in [0.2, 0.25) is 0 Å². The fourth-order valence-electron chi connectivity index (χ4n) is 2.97. The van der Waals surface area contributed by atoms with Crippen molar-refractivity contribution in [2.24, 2.45) is 0 Å². The largest absolute Gasteiger partial charge is 0.462 e. The van der Waals surface area contributed by atoms with Gasteiger partial charge in [0.15, 0.2) is 0 Å². The van der Waals surface area contributed by atoms with Gasteiger partial charge in [0, 0.05) is 11.9 Å². The van der Waals surface area contributed by atoms with E-state index in [1.807, 2.05) is 13.0 Å². The molecule has 29 heavy (non-hydrogen) atoms. The summed E-state index contributed by atoms with van der Waals surface area (Å²) in [6.45, 7) is 3.92. The van der Waals surface area contributed by atoms with E-state index in [4.69, 9.17) is 4.74 Å². The Kier molecular flexibility index (Phi) is 4.85. The quantitative estimate of drug-likeness (QED) is 0.522. The van der Waals surface area contributed by atoms with Gasteiger partial charge in [-0.2, -0.15) is 0 Å². The van der Waals surface area contributed by atoms with E-state index in [0.717, 1.165) is 5.56 Å². The lowest BCUT2D eigenvalue weighted by atomic mass is 10.2. The number of aryl methyl sites for hydroxylation is 1. The second kappa shape index (κ2) is 7.48. The number of nitrogens with zero attached hydrogens (tertiary/aromatic N) is 2. The van der Waals surface area contributed by atoms with Gasteiger partial charge in [-0.05, 0) is 55.8 Å². The zero-order chi connectivity index (χ0) is 20.5. The maximum atomic E-state index is 12.7. The molecule has 1 N–H and O–H groups in total. The van der Waals surface area contributed by atoms with Crippen molar-refractivity contribution in [2.45, 2.75) is 13.8 Å². The van der Waals surface area contributed by atoms with Crippen molar-refractivity contribution in [1.29, 1.82) is 0 Å². The zero-order valence-electron chi connectivity index (χ0n) is 15.8. The number of hydrogen-bond acceptors (Lipinski definition) is 6. The van der Waals surface area contributed by atoms with Crippen LogP contribution >= 0.6 is 11.3 Å². The van der Waals surface area contributed by atoms with Gasteiger partial charge in [-0.25, -0.2) is 9.78 Å². The molecule has 0 bridgehead atoms. The number of pyridine rings is 1. The summed E-state index contributed by atoms with van der Waals surface area (Å²) in [5.41, 5.74) is 2.20. The van der Waals surface area contributed by atoms with E-state index in [0.29, 0.717) is 38.6 Å². The third kappa shape index (κ3) is 3.50. The average molecular weight is 407 g/mol. The van der Waals surface area contributed by atoms with Gasteiger partial charge >= 0.3 is 5.97 Å². The molecule has 146 valence electrons. The molecule has 8 heteroatoms. The number of aromatic nitrogens is 2. The Labute approximate surface area is 169 Å². The van der Waals surface area contributed by atoms with E-state index in [1.165, 1.54) is 15.7 Å². The number of amides is 1. The molecule has 0 aliphatic rings. The van der Waals surface area contributed by atoms with Crippen molar-refractivity contribution < 1.29 is 14.3 Å². The molecule has 1 aromatic carbocycles. The number of fused-ring (bicyclic) bond motifs is 2. The Morgan fingerprint density at radius 1 is 1.21 bits per heavy atom. The van der Waals surface area contributed by atoms with Gasteiger partial charge in [-0.3, -0.25) is 14.0 Å². The lowest BCUT2D eigenvalue weighted by molar-refractivity contribution is 0.0526. The molecule has 0 saturated carbocycles. The molecule has 4 aromatic rings. The lowest BCUT2D eigenvalue weighted by Gasteiger charge is -2.05. The standard InChI is InChI=1S/C21H17N3O4S/c1-3-28-21(27)13-6-8-14(9-7-13)22-18(25)16-11-15-19(29-16)23-17-12(2)5-4-10-24(17)20(15)26/h4-11H,3H2,1-2H3,(H,22,25). The molecular formula is C21H17N3O4S. The number of nitrogens with one attached hydrogen (secondary N) is 1. The molecule has 0 aliphatic heterocycles. The summed E-state index contributed by atoms with van der Waals surface area (Å²) >= 11 is 1.17. The van der Waals surface area contributed by atoms with Crippen molar-refractivity contribution in [3.8, 4) is 0 Å². The van der Waals surface area contributed by atoms with Crippen LogP contribution in [0.3, 0.4) is 0 Å². The van der Waals surface area contributed by atoms with Gasteiger partial charge in [-0.1, -0.05) is 6.07 Å². The van der Waals surface area contributed by atoms with E-state index in [2.05, 4.69) is 10.3 Å². The third-order valence-corrected chi connectivity index (χ3v) is 5.44. The summed E-state index contributed by atoms with van der Waals surface area (Å²) < 4.78 is 6.43. The number of ether oxygens (including phenoxy) is 1. The molecule has 0 spiro atoms. The second-order valence-electron chi connectivity index (χ2n) is 6.38. The van der Waals surface area contributed by atoms with Crippen LogP contribution in [0.1, 0.15) is 32.5 Å². The number of thiophene rings is 1. The van der Waals surface area contributed by atoms with Gasteiger partial charge in [0.1, 0.15) is 10.5 Å². The first-order valence-corrected chi connectivity index (χ1v) is 9.79. The SMILES string of the molecule is CCOC(=O)c1ccc(NC(=O)c2cc3c(=O)n4cccc(C)c4nc3s2)cc1. The number of hydrogen-bond donors (Lipinski definition) is 1. The van der Waals surface area contributed by atoms with E-state index < -0.39 is 5.97 Å². The van der Waals surface area contributed by atoms with E-state index in [-0.39, 0.29) is 11.5 Å². The van der Waals surface area contributed by atoms with Crippen LogP contribution in [0.5, 0.6) is 0 Å². The molecule has 0 aliphatic carbocycles. The predicted molar refractivity (Wildman–Crippen MR) is 112 cm³/mol. The van der Waals surface area contributed by atoms with Crippen molar-refractivity contribution >= 4 is 44.8 Å². The highest BCUT2D eigenvalue weighted by Crippen LogP contribution is 2.24. The molecule has 1 amide bonds. The highest BCUT2D eigenvalue weighted by atomic mass is 32.1. The van der Waals surface area contributed by atoms with Crippen LogP contribution in [0.2, 0.25) is 0 Å². The van der Waals surface area contributed by atoms with Crippen LogP contribution in [0, 0.1) is 6.92 Å². The summed E-state index contributed by atoms with van der Waals surface area (Å²) in [5.74, 6) is -0.758. The number of esters is 1. The summed E-state index contributed by atoms with van der Waals surface area (Å²) in [4.78, 5) is 42.5. The molecule has 7 nitrogen and oxygen atoms in total. The molecule has 3 aromatic heterocycles. The Bertz CT molecular complexity index is 1310. The summed E-state index contributed by atoms with van der Waals surface area (Å²) in [7, 11) is 0. The van der Waals surface area contributed by atoms with Gasteiger partial charge in [-0.15, -0.1) is 11.3 Å². The average Bonchev–Trinajstić information content (AvgIpc) is 3.15. The minimum atomic E-state index is -0.413. The minimum Gasteiger partial charge on any atom is -0.462 e. The highest BCUT2D eigenvalue weighted by Gasteiger charge is 2.16. The number of anilines is 1. The molecule has 0 fully saturated rings. The maximum Gasteiger partial charge on any atom is 0.338 e. The first kappa shape index (κ1) is 18.8. The van der Waals surface area contributed by atoms with Crippen LogP contribution in [0.4, 0.5) is 5.69 Å². The van der Waals surface area contributed by atoms with Crippen LogP contribution in [-0.2, 0) is 4.74 Å². The molecule has 0 radical (unpaired) electrons. The lowest BCUT2D eigenvalue weighted by Crippen LogP contribution is -2.14. The Morgan fingerprint density at radius 2 is 1.97 bits per heavy atom. The number of rotatable bonds is 4. The van der Waals surface area contributed by atoms with E-state index >= 15 is 0 Å². The Morgan fingerprint density at radius 3 is 2.69 bits per heavy atom. The monoisotopic (exact) mass is 407 g/mol. The Balaban J connectivity index is 1.63. The minimum absolute atomic E-state index is 0.206. The number of carbonyl (C=O) groups is 2. The first-order valence-electron chi connectivity index (χ1n) is 8.98. The van der Waals surface area contributed by atoms with Crippen molar-refractivity contribution in [2.75, 3.05) is 11.9 Å². The second-order valence-corrected chi connectivity index (χ2v) is 7.41. The fourth-order valence-corrected chi connectivity index (χ4v) is 3.88. The molecule has 3 heterocycles. The van der Waals surface area contributed by atoms with Crippen molar-refractivity contribution in [3.63, 3.8) is 0 Å².